The zero-order valence-corrected chi connectivity index (χ0v) is 31.0. The van der Waals surface area contributed by atoms with Gasteiger partial charge in [-0.05, 0) is 58.7 Å². The number of fused-ring (bicyclic) bond motifs is 7. The number of hydrogen-bond donors (Lipinski definition) is 0. The molecule has 0 N–H and O–H groups in total. The van der Waals surface area contributed by atoms with E-state index >= 15 is 0 Å². The molecule has 0 aliphatic heterocycles. The molecule has 0 radical (unpaired) electrons. The maximum absolute atomic E-state index is 5.00. The van der Waals surface area contributed by atoms with Crippen molar-refractivity contribution in [3.63, 3.8) is 0 Å². The van der Waals surface area contributed by atoms with Crippen LogP contribution in [0.1, 0.15) is 0 Å². The predicted molar refractivity (Wildman–Crippen MR) is 234 cm³/mol. The molecule has 0 amide bonds. The quantitative estimate of drug-likeness (QED) is 0.171. The Morgan fingerprint density at radius 2 is 0.875 bits per heavy atom. The molecule has 0 saturated carbocycles. The van der Waals surface area contributed by atoms with Gasteiger partial charge in [0.15, 0.2) is 17.5 Å². The van der Waals surface area contributed by atoms with Crippen molar-refractivity contribution < 1.29 is 0 Å². The van der Waals surface area contributed by atoms with E-state index < -0.39 is 0 Å². The summed E-state index contributed by atoms with van der Waals surface area (Å²) >= 11 is 1.89. The van der Waals surface area contributed by atoms with E-state index in [2.05, 4.69) is 138 Å². The van der Waals surface area contributed by atoms with Crippen molar-refractivity contribution in [1.29, 1.82) is 0 Å². The Bertz CT molecular complexity index is 3180. The number of nitrogens with zero attached hydrogens (tertiary/aromatic N) is 4. The number of para-hydroxylation sites is 1. The van der Waals surface area contributed by atoms with E-state index in [0.717, 1.165) is 33.5 Å². The fourth-order valence-corrected chi connectivity index (χ4v) is 9.27. The van der Waals surface area contributed by atoms with Gasteiger partial charge in [0.2, 0.25) is 0 Å². The van der Waals surface area contributed by atoms with Gasteiger partial charge in [0.05, 0.1) is 11.0 Å². The van der Waals surface area contributed by atoms with E-state index in [-0.39, 0.29) is 0 Å². The van der Waals surface area contributed by atoms with E-state index in [1.807, 2.05) is 72.0 Å². The van der Waals surface area contributed by atoms with Crippen LogP contribution < -0.4 is 0 Å². The molecule has 3 aromatic heterocycles. The molecule has 8 aromatic carbocycles. The third-order valence-corrected chi connectivity index (χ3v) is 11.8. The highest BCUT2D eigenvalue weighted by atomic mass is 32.1. The number of benzene rings is 8. The third kappa shape index (κ3) is 5.48. The first kappa shape index (κ1) is 32.2. The lowest BCUT2D eigenvalue weighted by Crippen LogP contribution is -2.00. The van der Waals surface area contributed by atoms with Crippen LogP contribution in [0.4, 0.5) is 0 Å². The summed E-state index contributed by atoms with van der Waals surface area (Å²) in [6.07, 6.45) is 0. The zero-order valence-electron chi connectivity index (χ0n) is 30.2. The van der Waals surface area contributed by atoms with Crippen molar-refractivity contribution in [2.24, 2.45) is 0 Å². The summed E-state index contributed by atoms with van der Waals surface area (Å²) in [6, 6.07) is 68.5. The summed E-state index contributed by atoms with van der Waals surface area (Å²) in [6.45, 7) is 0. The van der Waals surface area contributed by atoms with E-state index in [9.17, 15) is 0 Å². The van der Waals surface area contributed by atoms with E-state index in [1.165, 1.54) is 53.1 Å². The number of hydrogen-bond acceptors (Lipinski definition) is 4. The highest BCUT2D eigenvalue weighted by Gasteiger charge is 2.19. The molecule has 3 heterocycles. The molecule has 0 aliphatic rings. The molecular weight excluding hydrogens is 701 g/mol. The minimum atomic E-state index is 0.640. The Morgan fingerprint density at radius 1 is 0.339 bits per heavy atom. The second-order valence-corrected chi connectivity index (χ2v) is 15.1. The van der Waals surface area contributed by atoms with Crippen molar-refractivity contribution in [3.8, 4) is 62.1 Å². The summed E-state index contributed by atoms with van der Waals surface area (Å²) in [5.41, 5.74) is 11.0. The van der Waals surface area contributed by atoms with Gasteiger partial charge in [0, 0.05) is 53.3 Å². The Labute approximate surface area is 327 Å². The molecule has 0 bridgehead atoms. The van der Waals surface area contributed by atoms with Crippen LogP contribution in [0.15, 0.2) is 194 Å². The van der Waals surface area contributed by atoms with Crippen LogP contribution in [0.25, 0.3) is 104 Å². The second kappa shape index (κ2) is 13.3. The van der Waals surface area contributed by atoms with Crippen LogP contribution in [0.3, 0.4) is 0 Å². The van der Waals surface area contributed by atoms with Crippen molar-refractivity contribution >= 4 is 53.3 Å². The predicted octanol–water partition coefficient (Wildman–Crippen LogP) is 13.7. The SMILES string of the molecule is c1ccc(-c2ccc3c(c2)sc2c3ccc3c2c2ccccc2n3-c2cccc(-c3cccc(-c4nc(-c5ccccc5)nc(-c5ccccc5)n4)c3)c2)cc1. The maximum atomic E-state index is 5.00. The molecule has 262 valence electrons. The molecule has 11 rings (SSSR count). The minimum absolute atomic E-state index is 0.640. The first-order valence-corrected chi connectivity index (χ1v) is 19.6. The Hall–Kier alpha value is -7.21. The molecule has 56 heavy (non-hydrogen) atoms. The van der Waals surface area contributed by atoms with Gasteiger partial charge in [-0.3, -0.25) is 0 Å². The van der Waals surface area contributed by atoms with Crippen molar-refractivity contribution in [1.82, 2.24) is 19.5 Å². The van der Waals surface area contributed by atoms with Crippen molar-refractivity contribution in [3.05, 3.63) is 194 Å². The number of aromatic nitrogens is 4. The second-order valence-electron chi connectivity index (χ2n) is 14.0. The fraction of sp³-hybridized carbons (Fsp3) is 0. The lowest BCUT2D eigenvalue weighted by atomic mass is 10.0. The highest BCUT2D eigenvalue weighted by Crippen LogP contribution is 2.44. The van der Waals surface area contributed by atoms with E-state index in [0.29, 0.717) is 17.5 Å². The van der Waals surface area contributed by atoms with Gasteiger partial charge >= 0.3 is 0 Å². The Balaban J connectivity index is 1.03. The van der Waals surface area contributed by atoms with E-state index in [4.69, 9.17) is 15.0 Å². The zero-order chi connectivity index (χ0) is 37.0. The smallest absolute Gasteiger partial charge is 0.164 e. The monoisotopic (exact) mass is 732 g/mol. The van der Waals surface area contributed by atoms with Crippen molar-refractivity contribution in [2.45, 2.75) is 0 Å². The van der Waals surface area contributed by atoms with Crippen LogP contribution in [-0.4, -0.2) is 19.5 Å². The molecule has 0 saturated heterocycles. The van der Waals surface area contributed by atoms with Crippen LogP contribution in [-0.2, 0) is 0 Å². The Kier molecular flexibility index (Phi) is 7.64. The van der Waals surface area contributed by atoms with Gasteiger partial charge in [0.1, 0.15) is 0 Å². The summed E-state index contributed by atoms with van der Waals surface area (Å²) < 4.78 is 5.04. The van der Waals surface area contributed by atoms with Crippen LogP contribution in [0.5, 0.6) is 0 Å². The standard InChI is InChI=1S/C51H32N4S/c1-4-14-33(15-5-1)38-26-27-41-42-28-29-45-47(48(42)56-46(41)32-38)43-24-10-11-25-44(43)55(45)40-23-13-21-37(31-40)36-20-12-22-39(30-36)51-53-49(34-16-6-2-7-17-34)52-50(54-51)35-18-8-3-9-19-35/h1-32H. The summed E-state index contributed by atoms with van der Waals surface area (Å²) in [7, 11) is 0. The minimum Gasteiger partial charge on any atom is -0.309 e. The fourth-order valence-electron chi connectivity index (χ4n) is 7.97. The normalized spacial score (nSPS) is 11.6. The van der Waals surface area contributed by atoms with Gasteiger partial charge in [-0.15, -0.1) is 11.3 Å². The number of thiophene rings is 1. The summed E-state index contributed by atoms with van der Waals surface area (Å²) in [5.74, 6) is 1.94. The maximum Gasteiger partial charge on any atom is 0.164 e. The summed E-state index contributed by atoms with van der Waals surface area (Å²) in [4.78, 5) is 14.9. The topological polar surface area (TPSA) is 43.6 Å². The first-order chi connectivity index (χ1) is 27.7. The van der Waals surface area contributed by atoms with Gasteiger partial charge < -0.3 is 4.57 Å². The number of rotatable bonds is 6. The first-order valence-electron chi connectivity index (χ1n) is 18.8. The largest absolute Gasteiger partial charge is 0.309 e. The lowest BCUT2D eigenvalue weighted by Gasteiger charge is -2.12. The molecule has 0 aliphatic carbocycles. The highest BCUT2D eigenvalue weighted by molar-refractivity contribution is 7.26. The van der Waals surface area contributed by atoms with Gasteiger partial charge in [-0.1, -0.05) is 158 Å². The molecule has 11 aromatic rings. The molecule has 0 unspecified atom stereocenters. The average Bonchev–Trinajstić information content (AvgIpc) is 3.83. The van der Waals surface area contributed by atoms with Crippen LogP contribution >= 0.6 is 11.3 Å². The molecule has 5 heteroatoms. The Morgan fingerprint density at radius 3 is 1.59 bits per heavy atom. The molecule has 0 fully saturated rings. The van der Waals surface area contributed by atoms with Crippen molar-refractivity contribution in [2.75, 3.05) is 0 Å². The lowest BCUT2D eigenvalue weighted by molar-refractivity contribution is 1.07. The van der Waals surface area contributed by atoms with Crippen LogP contribution in [0, 0.1) is 0 Å². The van der Waals surface area contributed by atoms with E-state index in [1.54, 1.807) is 0 Å². The average molecular weight is 733 g/mol. The van der Waals surface area contributed by atoms with Gasteiger partial charge in [-0.2, -0.15) is 0 Å². The van der Waals surface area contributed by atoms with Gasteiger partial charge in [0.25, 0.3) is 0 Å². The molecular formula is C51H32N4S. The molecule has 0 spiro atoms. The third-order valence-electron chi connectivity index (χ3n) is 10.6. The summed E-state index contributed by atoms with van der Waals surface area (Å²) in [5, 5.41) is 5.16. The molecule has 0 atom stereocenters. The van der Waals surface area contributed by atoms with Crippen LogP contribution in [0.2, 0.25) is 0 Å². The molecule has 4 nitrogen and oxygen atoms in total. The van der Waals surface area contributed by atoms with Gasteiger partial charge in [-0.25, -0.2) is 15.0 Å².